The zero-order valence-electron chi connectivity index (χ0n) is 13.5. The normalized spacial score (nSPS) is 11.8. The van der Waals surface area contributed by atoms with Gasteiger partial charge in [-0.05, 0) is 17.9 Å². The summed E-state index contributed by atoms with van der Waals surface area (Å²) >= 11 is 0. The van der Waals surface area contributed by atoms with Crippen LogP contribution >= 0.6 is 0 Å². The Hall–Kier alpha value is -2.16. The Bertz CT molecular complexity index is 789. The van der Waals surface area contributed by atoms with Gasteiger partial charge in [0.25, 0.3) is 12.3 Å². The van der Waals surface area contributed by atoms with E-state index in [2.05, 4.69) is 50.5 Å². The molecule has 0 spiro atoms. The molecule has 0 saturated heterocycles. The standard InChI is InChI=1S/C19H22FN2/c1-13(2)16-8-6-9-17(14(3)4)19(16)21-11-15-7-5-10-18(20)22(15)12-21/h5-14H,1-4H3/q+1. The number of halogens is 1. The third-order valence-electron chi connectivity index (χ3n) is 4.12. The van der Waals surface area contributed by atoms with Gasteiger partial charge >= 0.3 is 0 Å². The Morgan fingerprint density at radius 3 is 2.05 bits per heavy atom. The van der Waals surface area contributed by atoms with E-state index >= 15 is 0 Å². The Morgan fingerprint density at radius 2 is 1.50 bits per heavy atom. The SMILES string of the molecule is CC(C)c1cccc(C(C)C)c1-[n+]1cc2cccc(F)n2c1. The van der Waals surface area contributed by atoms with Gasteiger partial charge in [0.1, 0.15) is 11.9 Å². The molecule has 0 aliphatic carbocycles. The molecule has 2 aromatic heterocycles. The number of para-hydroxylation sites is 1. The second-order valence-corrected chi connectivity index (χ2v) is 6.39. The number of aromatic nitrogens is 2. The van der Waals surface area contributed by atoms with Gasteiger partial charge < -0.3 is 0 Å². The molecular weight excluding hydrogens is 275 g/mol. The molecule has 114 valence electrons. The van der Waals surface area contributed by atoms with Crippen LogP contribution in [-0.4, -0.2) is 4.40 Å². The fourth-order valence-corrected chi connectivity index (χ4v) is 2.97. The molecule has 0 amide bonds. The molecule has 2 heterocycles. The fraction of sp³-hybridized carbons (Fsp3) is 0.316. The van der Waals surface area contributed by atoms with Gasteiger partial charge in [-0.25, -0.2) is 4.57 Å². The third kappa shape index (κ3) is 2.41. The lowest BCUT2D eigenvalue weighted by Crippen LogP contribution is -2.31. The number of fused-ring (bicyclic) bond motifs is 1. The summed E-state index contributed by atoms with van der Waals surface area (Å²) in [4.78, 5) is 0. The average Bonchev–Trinajstić information content (AvgIpc) is 2.91. The first kappa shape index (κ1) is 14.8. The summed E-state index contributed by atoms with van der Waals surface area (Å²) in [6.07, 6.45) is 3.83. The van der Waals surface area contributed by atoms with Crippen molar-refractivity contribution in [2.45, 2.75) is 39.5 Å². The molecular formula is C19H22FN2+. The number of nitrogens with zero attached hydrogens (tertiary/aromatic N) is 2. The predicted octanol–water partition coefficient (Wildman–Crippen LogP) is 4.60. The van der Waals surface area contributed by atoms with Crippen molar-refractivity contribution in [2.24, 2.45) is 0 Å². The van der Waals surface area contributed by atoms with Crippen LogP contribution in [0, 0.1) is 5.95 Å². The molecule has 3 heteroatoms. The molecule has 1 aromatic carbocycles. The second-order valence-electron chi connectivity index (χ2n) is 6.39. The number of pyridine rings is 1. The minimum absolute atomic E-state index is 0.246. The van der Waals surface area contributed by atoms with Gasteiger partial charge in [-0.15, -0.1) is 0 Å². The van der Waals surface area contributed by atoms with Crippen LogP contribution in [0.3, 0.4) is 0 Å². The Kier molecular flexibility index (Phi) is 3.73. The van der Waals surface area contributed by atoms with Crippen molar-refractivity contribution in [3.63, 3.8) is 0 Å². The molecule has 3 rings (SSSR count). The number of hydrogen-bond acceptors (Lipinski definition) is 0. The van der Waals surface area contributed by atoms with Gasteiger partial charge in [0.2, 0.25) is 0 Å². The van der Waals surface area contributed by atoms with Crippen molar-refractivity contribution >= 4 is 5.52 Å². The second kappa shape index (κ2) is 5.56. The van der Waals surface area contributed by atoms with Crippen molar-refractivity contribution in [3.8, 4) is 5.69 Å². The first-order chi connectivity index (χ1) is 10.5. The van der Waals surface area contributed by atoms with E-state index in [1.165, 1.54) is 22.9 Å². The van der Waals surface area contributed by atoms with Gasteiger partial charge in [0, 0.05) is 17.2 Å². The van der Waals surface area contributed by atoms with Gasteiger partial charge in [-0.1, -0.05) is 52.0 Å². The predicted molar refractivity (Wildman–Crippen MR) is 87.1 cm³/mol. The van der Waals surface area contributed by atoms with E-state index in [4.69, 9.17) is 0 Å². The minimum atomic E-state index is -0.246. The van der Waals surface area contributed by atoms with E-state index in [1.54, 1.807) is 10.5 Å². The van der Waals surface area contributed by atoms with E-state index in [-0.39, 0.29) is 5.95 Å². The highest BCUT2D eigenvalue weighted by Gasteiger charge is 2.21. The van der Waals surface area contributed by atoms with E-state index in [0.717, 1.165) is 5.52 Å². The molecule has 0 atom stereocenters. The minimum Gasteiger partial charge on any atom is -0.201 e. The summed E-state index contributed by atoms with van der Waals surface area (Å²) in [5.74, 6) is 0.576. The smallest absolute Gasteiger partial charge is 0.201 e. The van der Waals surface area contributed by atoms with Gasteiger partial charge in [-0.3, -0.25) is 0 Å². The maximum Gasteiger partial charge on any atom is 0.283 e. The van der Waals surface area contributed by atoms with E-state index < -0.39 is 0 Å². The third-order valence-corrected chi connectivity index (χ3v) is 4.12. The molecule has 0 fully saturated rings. The summed E-state index contributed by atoms with van der Waals surface area (Å²) in [6, 6.07) is 11.6. The van der Waals surface area contributed by atoms with Gasteiger partial charge in [0.05, 0.1) is 0 Å². The van der Waals surface area contributed by atoms with Crippen LogP contribution in [0.5, 0.6) is 0 Å². The average molecular weight is 297 g/mol. The van der Waals surface area contributed by atoms with Crippen molar-refractivity contribution in [1.82, 2.24) is 4.40 Å². The highest BCUT2D eigenvalue weighted by Crippen LogP contribution is 2.28. The van der Waals surface area contributed by atoms with Gasteiger partial charge in [-0.2, -0.15) is 8.79 Å². The molecule has 0 aliphatic heterocycles. The zero-order chi connectivity index (χ0) is 15.9. The van der Waals surface area contributed by atoms with Crippen LogP contribution in [0.1, 0.15) is 50.7 Å². The summed E-state index contributed by atoms with van der Waals surface area (Å²) in [6.45, 7) is 8.78. The molecule has 0 saturated carbocycles. The molecule has 3 aromatic rings. The first-order valence-electron chi connectivity index (χ1n) is 7.80. The van der Waals surface area contributed by atoms with Crippen molar-refractivity contribution < 1.29 is 8.96 Å². The first-order valence-corrected chi connectivity index (χ1v) is 7.80. The summed E-state index contributed by atoms with van der Waals surface area (Å²) in [5.41, 5.74) is 4.60. The van der Waals surface area contributed by atoms with E-state index in [0.29, 0.717) is 11.8 Å². The van der Waals surface area contributed by atoms with Crippen LogP contribution in [0.15, 0.2) is 48.9 Å². The molecule has 0 N–H and O–H groups in total. The van der Waals surface area contributed by atoms with Crippen LogP contribution in [0.4, 0.5) is 4.39 Å². The van der Waals surface area contributed by atoms with Crippen LogP contribution in [0.25, 0.3) is 11.2 Å². The monoisotopic (exact) mass is 297 g/mol. The highest BCUT2D eigenvalue weighted by molar-refractivity contribution is 5.48. The molecule has 0 bridgehead atoms. The Balaban J connectivity index is 2.31. The quantitative estimate of drug-likeness (QED) is 0.493. The van der Waals surface area contributed by atoms with Crippen molar-refractivity contribution in [3.05, 3.63) is 66.0 Å². The van der Waals surface area contributed by atoms with Crippen LogP contribution < -0.4 is 4.57 Å². The summed E-state index contributed by atoms with van der Waals surface area (Å²) in [5, 5.41) is 0. The molecule has 22 heavy (non-hydrogen) atoms. The van der Waals surface area contributed by atoms with E-state index in [9.17, 15) is 4.39 Å². The number of imidazole rings is 1. The zero-order valence-corrected chi connectivity index (χ0v) is 13.5. The molecule has 0 radical (unpaired) electrons. The van der Waals surface area contributed by atoms with Crippen molar-refractivity contribution in [2.75, 3.05) is 0 Å². The number of benzene rings is 1. The lowest BCUT2D eigenvalue weighted by Gasteiger charge is -2.16. The summed E-state index contributed by atoms with van der Waals surface area (Å²) < 4.78 is 17.6. The number of rotatable bonds is 3. The maximum absolute atomic E-state index is 14.0. The molecule has 0 aliphatic rings. The van der Waals surface area contributed by atoms with Crippen LogP contribution in [-0.2, 0) is 0 Å². The fourth-order valence-electron chi connectivity index (χ4n) is 2.97. The largest absolute Gasteiger partial charge is 0.283 e. The summed E-state index contributed by atoms with van der Waals surface area (Å²) in [7, 11) is 0. The van der Waals surface area contributed by atoms with Crippen LogP contribution in [0.2, 0.25) is 0 Å². The lowest BCUT2D eigenvalue weighted by molar-refractivity contribution is -0.595. The Labute approximate surface area is 130 Å². The Morgan fingerprint density at radius 1 is 0.909 bits per heavy atom. The number of hydrogen-bond donors (Lipinski definition) is 0. The van der Waals surface area contributed by atoms with E-state index in [1.807, 2.05) is 18.6 Å². The maximum atomic E-state index is 14.0. The lowest BCUT2D eigenvalue weighted by atomic mass is 9.92. The molecule has 2 nitrogen and oxygen atoms in total. The molecule has 0 unspecified atom stereocenters. The topological polar surface area (TPSA) is 8.29 Å². The van der Waals surface area contributed by atoms with Gasteiger partial charge in [0.15, 0.2) is 5.52 Å². The highest BCUT2D eigenvalue weighted by atomic mass is 19.1. The van der Waals surface area contributed by atoms with Crippen molar-refractivity contribution in [1.29, 1.82) is 0 Å².